The molecule has 2 N–H and O–H groups in total. The molecule has 2 aliphatic rings. The van der Waals surface area contributed by atoms with Gasteiger partial charge in [0, 0.05) is 37.2 Å². The Morgan fingerprint density at radius 3 is 2.70 bits per heavy atom. The number of carbonyl (C=O) groups is 1. The Morgan fingerprint density at radius 1 is 1.30 bits per heavy atom. The number of anilines is 1. The normalized spacial score (nSPS) is 23.3. The van der Waals surface area contributed by atoms with Crippen LogP contribution in [0.1, 0.15) is 20.8 Å². The highest BCUT2D eigenvalue weighted by Gasteiger charge is 2.49. The van der Waals surface area contributed by atoms with Gasteiger partial charge in [0.15, 0.2) is 0 Å². The highest BCUT2D eigenvalue weighted by Crippen LogP contribution is 2.35. The van der Waals surface area contributed by atoms with Gasteiger partial charge in [-0.1, -0.05) is 0 Å². The largest absolute Gasteiger partial charge is 0.490 e. The van der Waals surface area contributed by atoms with Gasteiger partial charge in [0.05, 0.1) is 17.9 Å². The molecule has 0 radical (unpaired) electrons. The molecule has 0 saturated carbocycles. The molecule has 2 saturated heterocycles. The Hall–Kier alpha value is -1.80. The molecular formula is C15H22BN3O4. The summed E-state index contributed by atoms with van der Waals surface area (Å²) in [6.45, 7) is 7.82. The second kappa shape index (κ2) is 5.69. The molecular weight excluding hydrogens is 297 g/mol. The fraction of sp³-hybridized carbons (Fsp3) is 0.600. The van der Waals surface area contributed by atoms with E-state index in [1.807, 2.05) is 20.8 Å². The Morgan fingerprint density at radius 2 is 2.04 bits per heavy atom. The average Bonchev–Trinajstić information content (AvgIpc) is 2.74. The molecule has 124 valence electrons. The first-order chi connectivity index (χ1) is 10.7. The van der Waals surface area contributed by atoms with Gasteiger partial charge in [0.2, 0.25) is 0 Å². The number of hydrogen-bond acceptors (Lipinski definition) is 6. The van der Waals surface area contributed by atoms with E-state index in [9.17, 15) is 14.8 Å². The first-order valence-corrected chi connectivity index (χ1v) is 7.80. The summed E-state index contributed by atoms with van der Waals surface area (Å²) < 4.78 is 5.43. The molecule has 0 bridgehead atoms. The van der Waals surface area contributed by atoms with Crippen molar-refractivity contribution in [2.75, 3.05) is 24.5 Å². The van der Waals surface area contributed by atoms with E-state index in [0.29, 0.717) is 24.5 Å². The predicted octanol–water partition coefficient (Wildman–Crippen LogP) is -0.183. The summed E-state index contributed by atoms with van der Waals surface area (Å²) in [5.74, 6) is 0.422. The third kappa shape index (κ3) is 3.28. The summed E-state index contributed by atoms with van der Waals surface area (Å²) in [7, 11) is -1.53. The lowest BCUT2D eigenvalue weighted by atomic mass is 9.81. The maximum atomic E-state index is 12.2. The number of rotatable bonds is 2. The molecule has 2 unspecified atom stereocenters. The second-order valence-corrected chi connectivity index (χ2v) is 7.22. The fourth-order valence-electron chi connectivity index (χ4n) is 3.14. The molecule has 2 fully saturated rings. The van der Waals surface area contributed by atoms with Crippen molar-refractivity contribution in [1.82, 2.24) is 9.88 Å². The molecule has 1 amide bonds. The molecule has 0 aliphatic carbocycles. The van der Waals surface area contributed by atoms with E-state index in [1.165, 1.54) is 6.20 Å². The van der Waals surface area contributed by atoms with Crippen LogP contribution < -0.4 is 10.4 Å². The van der Waals surface area contributed by atoms with Crippen molar-refractivity contribution in [3.05, 3.63) is 18.5 Å². The van der Waals surface area contributed by atoms with Crippen LogP contribution in [0.5, 0.6) is 0 Å². The van der Waals surface area contributed by atoms with Crippen molar-refractivity contribution < 1.29 is 19.6 Å². The summed E-state index contributed by atoms with van der Waals surface area (Å²) in [4.78, 5) is 20.1. The van der Waals surface area contributed by atoms with E-state index in [2.05, 4.69) is 9.88 Å². The first-order valence-electron chi connectivity index (χ1n) is 7.80. The van der Waals surface area contributed by atoms with Crippen LogP contribution in [-0.4, -0.2) is 64.4 Å². The molecule has 3 heterocycles. The van der Waals surface area contributed by atoms with Crippen LogP contribution in [0.15, 0.2) is 18.5 Å². The molecule has 2 atom stereocenters. The smallest absolute Gasteiger partial charge is 0.444 e. The molecule has 1 aromatic rings. The Kier molecular flexibility index (Phi) is 3.97. The predicted molar refractivity (Wildman–Crippen MR) is 86.5 cm³/mol. The van der Waals surface area contributed by atoms with E-state index < -0.39 is 12.7 Å². The van der Waals surface area contributed by atoms with Gasteiger partial charge in [-0.15, -0.1) is 0 Å². The summed E-state index contributed by atoms with van der Waals surface area (Å²) in [6.07, 6.45) is 2.87. The highest BCUT2D eigenvalue weighted by molar-refractivity contribution is 6.58. The van der Waals surface area contributed by atoms with Gasteiger partial charge < -0.3 is 24.6 Å². The summed E-state index contributed by atoms with van der Waals surface area (Å²) >= 11 is 0. The monoisotopic (exact) mass is 319 g/mol. The van der Waals surface area contributed by atoms with Gasteiger partial charge >= 0.3 is 13.2 Å². The number of likely N-dealkylation sites (tertiary alicyclic amines) is 1. The van der Waals surface area contributed by atoms with Crippen LogP contribution in [0.25, 0.3) is 0 Å². The first kappa shape index (κ1) is 16.1. The van der Waals surface area contributed by atoms with Crippen LogP contribution >= 0.6 is 0 Å². The van der Waals surface area contributed by atoms with Gasteiger partial charge in [-0.25, -0.2) is 4.79 Å². The van der Waals surface area contributed by atoms with E-state index in [4.69, 9.17) is 4.74 Å². The molecule has 3 rings (SSSR count). The number of hydrogen-bond donors (Lipinski definition) is 2. The molecule has 23 heavy (non-hydrogen) atoms. The number of nitrogens with zero attached hydrogens (tertiary/aromatic N) is 3. The van der Waals surface area contributed by atoms with Crippen molar-refractivity contribution in [2.45, 2.75) is 32.4 Å². The number of fused-ring (bicyclic) bond motifs is 1. The van der Waals surface area contributed by atoms with Crippen molar-refractivity contribution in [2.24, 2.45) is 5.92 Å². The van der Waals surface area contributed by atoms with Gasteiger partial charge in [0.25, 0.3) is 0 Å². The van der Waals surface area contributed by atoms with Crippen molar-refractivity contribution >= 4 is 24.4 Å². The quantitative estimate of drug-likeness (QED) is 0.736. The second-order valence-electron chi connectivity index (χ2n) is 7.22. The SMILES string of the molecule is CC(C)(C)OC(=O)N1CC2CN(c3cncc(B(O)O)c3)CC21. The van der Waals surface area contributed by atoms with E-state index >= 15 is 0 Å². The van der Waals surface area contributed by atoms with E-state index in [-0.39, 0.29) is 12.1 Å². The lowest BCUT2D eigenvalue weighted by molar-refractivity contribution is -0.0163. The topological polar surface area (TPSA) is 86.1 Å². The maximum Gasteiger partial charge on any atom is 0.490 e. The van der Waals surface area contributed by atoms with E-state index in [0.717, 1.165) is 12.2 Å². The Balaban J connectivity index is 1.65. The summed E-state index contributed by atoms with van der Waals surface area (Å²) in [6, 6.07) is 1.87. The van der Waals surface area contributed by atoms with Crippen molar-refractivity contribution in [3.63, 3.8) is 0 Å². The van der Waals surface area contributed by atoms with Gasteiger partial charge in [-0.05, 0) is 26.8 Å². The molecule has 0 spiro atoms. The highest BCUT2D eigenvalue weighted by atomic mass is 16.6. The lowest BCUT2D eigenvalue weighted by Crippen LogP contribution is -2.59. The van der Waals surface area contributed by atoms with Gasteiger partial charge in [-0.2, -0.15) is 0 Å². The zero-order valence-electron chi connectivity index (χ0n) is 13.6. The van der Waals surface area contributed by atoms with Crippen LogP contribution in [0, 0.1) is 5.92 Å². The van der Waals surface area contributed by atoms with Crippen molar-refractivity contribution in [1.29, 1.82) is 0 Å². The Labute approximate surface area is 136 Å². The number of pyridine rings is 1. The minimum absolute atomic E-state index is 0.146. The molecule has 7 nitrogen and oxygen atoms in total. The molecule has 2 aliphatic heterocycles. The fourth-order valence-corrected chi connectivity index (χ4v) is 3.14. The Bertz CT molecular complexity index is 605. The lowest BCUT2D eigenvalue weighted by Gasteiger charge is -2.43. The maximum absolute atomic E-state index is 12.2. The molecule has 1 aromatic heterocycles. The minimum atomic E-state index is -1.53. The van der Waals surface area contributed by atoms with E-state index in [1.54, 1.807) is 17.2 Å². The zero-order valence-corrected chi connectivity index (χ0v) is 13.6. The van der Waals surface area contributed by atoms with Crippen LogP contribution in [0.3, 0.4) is 0 Å². The number of carbonyl (C=O) groups excluding carboxylic acids is 1. The average molecular weight is 319 g/mol. The zero-order chi connectivity index (χ0) is 16.8. The van der Waals surface area contributed by atoms with Crippen LogP contribution in [0.2, 0.25) is 0 Å². The third-order valence-corrected chi connectivity index (χ3v) is 4.27. The standard InChI is InChI=1S/C15H22BN3O4/c1-15(2,3)23-14(20)19-8-10-7-18(9-13(10)19)12-4-11(16(21)22)5-17-6-12/h4-6,10,13,21-22H,7-9H2,1-3H3. The summed E-state index contributed by atoms with van der Waals surface area (Å²) in [5.41, 5.74) is 0.718. The van der Waals surface area contributed by atoms with Gasteiger partial charge in [0.1, 0.15) is 5.60 Å². The summed E-state index contributed by atoms with van der Waals surface area (Å²) in [5, 5.41) is 18.5. The number of amides is 1. The number of ether oxygens (including phenoxy) is 1. The molecule has 0 aromatic carbocycles. The number of aromatic nitrogens is 1. The van der Waals surface area contributed by atoms with Crippen LogP contribution in [0.4, 0.5) is 10.5 Å². The van der Waals surface area contributed by atoms with Crippen molar-refractivity contribution in [3.8, 4) is 0 Å². The minimum Gasteiger partial charge on any atom is -0.444 e. The van der Waals surface area contributed by atoms with Crippen LogP contribution in [-0.2, 0) is 4.74 Å². The van der Waals surface area contributed by atoms with Gasteiger partial charge in [-0.3, -0.25) is 4.98 Å². The third-order valence-electron chi connectivity index (χ3n) is 4.27. The molecule has 8 heteroatoms.